The SMILES string of the molecule is CN(CCCl)CCCl.Cn1nnc2c(C(N)=O)ncn2c1=O. The first kappa shape index (κ1) is 18.3. The van der Waals surface area contributed by atoms with Crippen LogP contribution in [0.15, 0.2) is 11.1 Å². The Kier molecular flexibility index (Phi) is 7.22. The smallest absolute Gasteiger partial charge is 0.352 e. The average Bonchev–Trinajstić information content (AvgIpc) is 2.89. The van der Waals surface area contributed by atoms with Crippen molar-refractivity contribution in [1.29, 1.82) is 0 Å². The zero-order valence-electron chi connectivity index (χ0n) is 12.2. The number of hydrogen-bond donors (Lipinski definition) is 1. The first-order chi connectivity index (χ1) is 10.4. The number of alkyl halides is 2. The van der Waals surface area contributed by atoms with Gasteiger partial charge < -0.3 is 10.6 Å². The Balaban J connectivity index is 0.000000261. The second-order valence-corrected chi connectivity index (χ2v) is 5.08. The molecule has 2 heterocycles. The summed E-state index contributed by atoms with van der Waals surface area (Å²) in [5.41, 5.74) is 4.60. The van der Waals surface area contributed by atoms with Crippen LogP contribution in [0.1, 0.15) is 10.5 Å². The zero-order valence-corrected chi connectivity index (χ0v) is 13.8. The van der Waals surface area contributed by atoms with E-state index in [4.69, 9.17) is 28.9 Å². The van der Waals surface area contributed by atoms with Crippen LogP contribution in [0.4, 0.5) is 0 Å². The molecule has 0 aliphatic rings. The number of imidazole rings is 1. The van der Waals surface area contributed by atoms with Gasteiger partial charge in [0.05, 0.1) is 0 Å². The molecule has 0 fully saturated rings. The first-order valence-electron chi connectivity index (χ1n) is 6.29. The van der Waals surface area contributed by atoms with Crippen LogP contribution in [0.3, 0.4) is 0 Å². The molecular formula is C11H17Cl2N7O2. The Morgan fingerprint density at radius 1 is 1.36 bits per heavy atom. The van der Waals surface area contributed by atoms with Crippen molar-refractivity contribution in [3.63, 3.8) is 0 Å². The lowest BCUT2D eigenvalue weighted by Crippen LogP contribution is -2.27. The van der Waals surface area contributed by atoms with Crippen LogP contribution in [-0.4, -0.2) is 67.1 Å². The van der Waals surface area contributed by atoms with E-state index in [-0.39, 0.29) is 11.3 Å². The summed E-state index contributed by atoms with van der Waals surface area (Å²) in [5.74, 6) is 0.635. The highest BCUT2D eigenvalue weighted by molar-refractivity contribution is 6.18. The number of hydrogen-bond acceptors (Lipinski definition) is 6. The number of fused-ring (bicyclic) bond motifs is 1. The molecule has 0 aliphatic carbocycles. The third kappa shape index (κ3) is 4.65. The molecule has 0 spiro atoms. The van der Waals surface area contributed by atoms with E-state index in [0.29, 0.717) is 11.8 Å². The van der Waals surface area contributed by atoms with E-state index < -0.39 is 11.6 Å². The Labute approximate surface area is 136 Å². The Hall–Kier alpha value is -1.71. The molecule has 1 amide bonds. The molecular weight excluding hydrogens is 333 g/mol. The molecule has 9 nitrogen and oxygen atoms in total. The van der Waals surface area contributed by atoms with E-state index in [9.17, 15) is 9.59 Å². The van der Waals surface area contributed by atoms with Crippen molar-refractivity contribution in [1.82, 2.24) is 29.3 Å². The van der Waals surface area contributed by atoms with Gasteiger partial charge in [0.25, 0.3) is 5.91 Å². The maximum atomic E-state index is 11.4. The number of aromatic nitrogens is 5. The van der Waals surface area contributed by atoms with E-state index in [1.54, 1.807) is 0 Å². The number of nitrogens with zero attached hydrogens (tertiary/aromatic N) is 6. The lowest BCUT2D eigenvalue weighted by molar-refractivity contribution is 0.0997. The fourth-order valence-corrected chi connectivity index (χ4v) is 2.03. The normalized spacial score (nSPS) is 10.6. The minimum absolute atomic E-state index is 0.0600. The van der Waals surface area contributed by atoms with E-state index in [2.05, 4.69) is 20.2 Å². The number of halogens is 2. The Morgan fingerprint density at radius 2 is 1.95 bits per heavy atom. The van der Waals surface area contributed by atoms with Gasteiger partial charge in [-0.2, -0.15) is 4.68 Å². The van der Waals surface area contributed by atoms with Crippen molar-refractivity contribution < 1.29 is 4.79 Å². The minimum Gasteiger partial charge on any atom is -0.364 e. The number of rotatable bonds is 5. The first-order valence-corrected chi connectivity index (χ1v) is 7.36. The quantitative estimate of drug-likeness (QED) is 0.715. The van der Waals surface area contributed by atoms with Gasteiger partial charge in [0.1, 0.15) is 6.33 Å². The number of carbonyl (C=O) groups is 1. The average molecular weight is 350 g/mol. The fourth-order valence-electron chi connectivity index (χ4n) is 1.46. The highest BCUT2D eigenvalue weighted by Gasteiger charge is 2.13. The molecule has 0 bridgehead atoms. The highest BCUT2D eigenvalue weighted by Crippen LogP contribution is 2.00. The molecule has 0 unspecified atom stereocenters. The third-order valence-electron chi connectivity index (χ3n) is 2.66. The van der Waals surface area contributed by atoms with Gasteiger partial charge in [0.15, 0.2) is 11.3 Å². The van der Waals surface area contributed by atoms with Crippen molar-refractivity contribution in [3.05, 3.63) is 22.5 Å². The minimum atomic E-state index is -0.741. The lowest BCUT2D eigenvalue weighted by atomic mass is 10.4. The molecule has 0 atom stereocenters. The Morgan fingerprint density at radius 3 is 2.45 bits per heavy atom. The molecule has 0 saturated carbocycles. The van der Waals surface area contributed by atoms with Gasteiger partial charge in [0, 0.05) is 31.9 Å². The van der Waals surface area contributed by atoms with Crippen LogP contribution in [-0.2, 0) is 7.05 Å². The van der Waals surface area contributed by atoms with Crippen LogP contribution < -0.4 is 11.4 Å². The fraction of sp³-hybridized carbons (Fsp3) is 0.545. The molecule has 0 aliphatic heterocycles. The molecule has 2 rings (SSSR count). The van der Waals surface area contributed by atoms with Crippen LogP contribution >= 0.6 is 23.2 Å². The van der Waals surface area contributed by atoms with Crippen molar-refractivity contribution >= 4 is 34.8 Å². The van der Waals surface area contributed by atoms with Crippen molar-refractivity contribution in [2.75, 3.05) is 31.9 Å². The number of amides is 1. The van der Waals surface area contributed by atoms with Crippen LogP contribution in [0, 0.1) is 0 Å². The van der Waals surface area contributed by atoms with E-state index in [1.807, 2.05) is 7.05 Å². The molecule has 0 saturated heterocycles. The maximum absolute atomic E-state index is 11.4. The maximum Gasteiger partial charge on any atom is 0.352 e. The second kappa shape index (κ2) is 8.66. The standard InChI is InChI=1S/C6H6N6O2.C5H11Cl2N/c1-11-6(14)12-2-8-3(4(7)13)5(12)9-10-11;1-8(4-2-6)5-3-7/h2H,1H3,(H2,7,13);2-5H2,1H3. The Bertz CT molecular complexity index is 679. The third-order valence-corrected chi connectivity index (χ3v) is 3.00. The van der Waals surface area contributed by atoms with Gasteiger partial charge in [-0.05, 0) is 7.05 Å². The number of aryl methyl sites for hydroxylation is 1. The number of primary amides is 1. The lowest BCUT2D eigenvalue weighted by Gasteiger charge is -2.11. The summed E-state index contributed by atoms with van der Waals surface area (Å²) < 4.78 is 2.13. The topological polar surface area (TPSA) is 111 Å². The van der Waals surface area contributed by atoms with E-state index in [1.165, 1.54) is 13.4 Å². The van der Waals surface area contributed by atoms with Crippen LogP contribution in [0.25, 0.3) is 5.65 Å². The molecule has 11 heteroatoms. The predicted molar refractivity (Wildman–Crippen MR) is 83.5 cm³/mol. The summed E-state index contributed by atoms with van der Waals surface area (Å²) in [7, 11) is 3.45. The summed E-state index contributed by atoms with van der Waals surface area (Å²) in [6.45, 7) is 1.85. The number of nitrogens with two attached hydrogens (primary N) is 1. The van der Waals surface area contributed by atoms with E-state index >= 15 is 0 Å². The predicted octanol–water partition coefficient (Wildman–Crippen LogP) is -0.682. The molecule has 0 aromatic carbocycles. The van der Waals surface area contributed by atoms with Gasteiger partial charge >= 0.3 is 5.69 Å². The van der Waals surface area contributed by atoms with Gasteiger partial charge in [0.2, 0.25) is 0 Å². The van der Waals surface area contributed by atoms with Crippen molar-refractivity contribution in [2.45, 2.75) is 0 Å². The summed E-state index contributed by atoms with van der Waals surface area (Å²) >= 11 is 10.9. The largest absolute Gasteiger partial charge is 0.364 e. The number of carbonyl (C=O) groups excluding carboxylic acids is 1. The van der Waals surface area contributed by atoms with Crippen molar-refractivity contribution in [3.8, 4) is 0 Å². The van der Waals surface area contributed by atoms with Gasteiger partial charge in [-0.1, -0.05) is 5.21 Å². The van der Waals surface area contributed by atoms with E-state index in [0.717, 1.165) is 22.2 Å². The highest BCUT2D eigenvalue weighted by atomic mass is 35.5. The zero-order chi connectivity index (χ0) is 16.7. The molecule has 22 heavy (non-hydrogen) atoms. The molecule has 2 aromatic rings. The molecule has 122 valence electrons. The van der Waals surface area contributed by atoms with Crippen molar-refractivity contribution in [2.24, 2.45) is 12.8 Å². The summed E-state index contributed by atoms with van der Waals surface area (Å²) in [4.78, 5) is 28.0. The second-order valence-electron chi connectivity index (χ2n) is 4.33. The summed E-state index contributed by atoms with van der Waals surface area (Å²) in [5, 5.41) is 7.14. The molecule has 2 aromatic heterocycles. The molecule has 0 radical (unpaired) electrons. The van der Waals surface area contributed by atoms with Gasteiger partial charge in [-0.3, -0.25) is 4.79 Å². The molecule has 2 N–H and O–H groups in total. The monoisotopic (exact) mass is 349 g/mol. The van der Waals surface area contributed by atoms with Crippen LogP contribution in [0.2, 0.25) is 0 Å². The van der Waals surface area contributed by atoms with Gasteiger partial charge in [-0.25, -0.2) is 14.2 Å². The van der Waals surface area contributed by atoms with Crippen LogP contribution in [0.5, 0.6) is 0 Å². The van der Waals surface area contributed by atoms with Gasteiger partial charge in [-0.15, -0.1) is 28.3 Å². The summed E-state index contributed by atoms with van der Waals surface area (Å²) in [6, 6.07) is 0. The summed E-state index contributed by atoms with van der Waals surface area (Å²) in [6.07, 6.45) is 1.19.